The van der Waals surface area contributed by atoms with Crippen molar-refractivity contribution in [3.63, 3.8) is 0 Å². The van der Waals surface area contributed by atoms with Crippen molar-refractivity contribution in [1.82, 2.24) is 10.2 Å². The van der Waals surface area contributed by atoms with E-state index in [1.165, 1.54) is 6.92 Å². The predicted molar refractivity (Wildman–Crippen MR) is 86.2 cm³/mol. The zero-order valence-electron chi connectivity index (χ0n) is 14.1. The molecule has 0 aliphatic carbocycles. The summed E-state index contributed by atoms with van der Waals surface area (Å²) in [6.07, 6.45) is -12.6. The number of nitrogens with zero attached hydrogens (tertiary/aromatic N) is 1. The van der Waals surface area contributed by atoms with Gasteiger partial charge in [0.05, 0.1) is 11.4 Å². The highest BCUT2D eigenvalue weighted by Gasteiger charge is 2.43. The Morgan fingerprint density at radius 3 is 2.23 bits per heavy atom. The summed E-state index contributed by atoms with van der Waals surface area (Å²) in [6, 6.07) is 2.09. The lowest BCUT2D eigenvalue weighted by Gasteiger charge is -2.34. The standard InChI is InChI=1S/C14H19F7N4S/c1-7-4-8(15)9(5-10(7)26-6-13(16,17)18)24-12(22)25(3)11(23-2)14(19,20)21/h4-5,11-12,23-24H,6,22H2,1-3H3. The third-order valence-electron chi connectivity index (χ3n) is 3.39. The second kappa shape index (κ2) is 8.63. The maximum absolute atomic E-state index is 14.0. The van der Waals surface area contributed by atoms with E-state index < -0.39 is 36.4 Å². The highest BCUT2D eigenvalue weighted by molar-refractivity contribution is 7.99. The van der Waals surface area contributed by atoms with Crippen molar-refractivity contribution in [2.75, 3.05) is 25.2 Å². The molecule has 4 nitrogen and oxygen atoms in total. The number of benzene rings is 1. The molecule has 2 atom stereocenters. The fraction of sp³-hybridized carbons (Fsp3) is 0.571. The number of alkyl halides is 6. The molecule has 0 radical (unpaired) electrons. The first kappa shape index (κ1) is 22.8. The first-order chi connectivity index (χ1) is 11.8. The molecule has 0 aliphatic rings. The monoisotopic (exact) mass is 408 g/mol. The number of anilines is 1. The third-order valence-corrected chi connectivity index (χ3v) is 4.61. The first-order valence-corrected chi connectivity index (χ1v) is 8.22. The van der Waals surface area contributed by atoms with Crippen LogP contribution in [0.5, 0.6) is 0 Å². The van der Waals surface area contributed by atoms with Gasteiger partial charge < -0.3 is 5.32 Å². The van der Waals surface area contributed by atoms with E-state index in [0.29, 0.717) is 16.7 Å². The highest BCUT2D eigenvalue weighted by atomic mass is 32.2. The lowest BCUT2D eigenvalue weighted by Crippen LogP contribution is -2.60. The highest BCUT2D eigenvalue weighted by Crippen LogP contribution is 2.33. The Hall–Kier alpha value is -1.24. The van der Waals surface area contributed by atoms with Crippen LogP contribution in [0, 0.1) is 12.7 Å². The summed E-state index contributed by atoms with van der Waals surface area (Å²) < 4.78 is 89.8. The molecule has 0 aromatic heterocycles. The van der Waals surface area contributed by atoms with Crippen LogP contribution in [0.15, 0.2) is 17.0 Å². The van der Waals surface area contributed by atoms with E-state index >= 15 is 0 Å². The Bertz CT molecular complexity index is 606. The molecule has 1 rings (SSSR count). The van der Waals surface area contributed by atoms with Crippen LogP contribution in [0.4, 0.5) is 36.4 Å². The topological polar surface area (TPSA) is 53.3 Å². The van der Waals surface area contributed by atoms with Gasteiger partial charge in [0, 0.05) is 4.90 Å². The van der Waals surface area contributed by atoms with Crippen LogP contribution in [0.25, 0.3) is 0 Å². The fourth-order valence-electron chi connectivity index (χ4n) is 2.10. The van der Waals surface area contributed by atoms with Gasteiger partial charge >= 0.3 is 12.4 Å². The largest absolute Gasteiger partial charge is 0.417 e. The number of halogens is 7. The number of nitrogens with one attached hydrogen (secondary N) is 2. The van der Waals surface area contributed by atoms with Crippen LogP contribution in [0.2, 0.25) is 0 Å². The molecule has 4 N–H and O–H groups in total. The summed E-state index contributed by atoms with van der Waals surface area (Å²) in [5.74, 6) is -2.02. The first-order valence-electron chi connectivity index (χ1n) is 7.24. The molecule has 150 valence electrons. The molecule has 0 fully saturated rings. The van der Waals surface area contributed by atoms with E-state index in [2.05, 4.69) is 5.32 Å². The van der Waals surface area contributed by atoms with Crippen molar-refractivity contribution in [3.8, 4) is 0 Å². The number of nitrogens with two attached hydrogens (primary N) is 1. The number of rotatable bonds is 7. The second-order valence-corrected chi connectivity index (χ2v) is 6.51. The van der Waals surface area contributed by atoms with Gasteiger partial charge in [-0.2, -0.15) is 26.3 Å². The molecule has 0 saturated carbocycles. The molecule has 0 saturated heterocycles. The maximum Gasteiger partial charge on any atom is 0.417 e. The van der Waals surface area contributed by atoms with E-state index in [-0.39, 0.29) is 16.1 Å². The molecule has 2 unspecified atom stereocenters. The van der Waals surface area contributed by atoms with Crippen molar-refractivity contribution in [2.45, 2.75) is 36.6 Å². The molecule has 0 spiro atoms. The van der Waals surface area contributed by atoms with Crippen molar-refractivity contribution in [2.24, 2.45) is 5.73 Å². The maximum atomic E-state index is 14.0. The van der Waals surface area contributed by atoms with Crippen LogP contribution < -0.4 is 16.4 Å². The van der Waals surface area contributed by atoms with Crippen LogP contribution in [0.3, 0.4) is 0 Å². The zero-order chi connectivity index (χ0) is 20.3. The van der Waals surface area contributed by atoms with Gasteiger partial charge in [-0.25, -0.2) is 4.39 Å². The van der Waals surface area contributed by atoms with Crippen molar-refractivity contribution in [3.05, 3.63) is 23.5 Å². The van der Waals surface area contributed by atoms with Crippen LogP contribution in [-0.2, 0) is 0 Å². The molecular weight excluding hydrogens is 389 g/mol. The zero-order valence-corrected chi connectivity index (χ0v) is 14.9. The van der Waals surface area contributed by atoms with Gasteiger partial charge in [-0.3, -0.25) is 16.0 Å². The normalized spacial score (nSPS) is 15.2. The molecule has 26 heavy (non-hydrogen) atoms. The minimum Gasteiger partial charge on any atom is -0.355 e. The Kier molecular flexibility index (Phi) is 7.57. The lowest BCUT2D eigenvalue weighted by atomic mass is 10.2. The minimum absolute atomic E-state index is 0.141. The van der Waals surface area contributed by atoms with E-state index in [9.17, 15) is 30.7 Å². The van der Waals surface area contributed by atoms with Gasteiger partial charge in [0.1, 0.15) is 12.1 Å². The number of aryl methyl sites for hydroxylation is 1. The van der Waals surface area contributed by atoms with Gasteiger partial charge in [-0.15, -0.1) is 11.8 Å². The quantitative estimate of drug-likeness (QED) is 0.367. The number of hydrogen-bond donors (Lipinski definition) is 3. The molecule has 0 bridgehead atoms. The second-order valence-electron chi connectivity index (χ2n) is 5.49. The predicted octanol–water partition coefficient (Wildman–Crippen LogP) is 3.48. The third kappa shape index (κ3) is 6.49. The molecular formula is C14H19F7N4S. The summed E-state index contributed by atoms with van der Waals surface area (Å²) in [6.45, 7) is 1.43. The minimum atomic E-state index is -4.64. The lowest BCUT2D eigenvalue weighted by molar-refractivity contribution is -0.191. The van der Waals surface area contributed by atoms with Gasteiger partial charge in [0.2, 0.25) is 0 Å². The Labute approximate surface area is 150 Å². The van der Waals surface area contributed by atoms with E-state index in [1.54, 1.807) is 0 Å². The summed E-state index contributed by atoms with van der Waals surface area (Å²) >= 11 is 0.449. The summed E-state index contributed by atoms with van der Waals surface area (Å²) in [5, 5.41) is 4.39. The number of hydrogen-bond acceptors (Lipinski definition) is 5. The van der Waals surface area contributed by atoms with Gasteiger partial charge in [0.25, 0.3) is 0 Å². The Morgan fingerprint density at radius 1 is 1.19 bits per heavy atom. The fourth-order valence-corrected chi connectivity index (χ4v) is 2.91. The van der Waals surface area contributed by atoms with Crippen molar-refractivity contribution in [1.29, 1.82) is 0 Å². The van der Waals surface area contributed by atoms with Crippen LogP contribution in [0.1, 0.15) is 5.56 Å². The Balaban J connectivity index is 2.97. The molecule has 1 aromatic rings. The van der Waals surface area contributed by atoms with Crippen LogP contribution in [-0.4, -0.2) is 49.6 Å². The molecule has 0 aliphatic heterocycles. The molecule has 1 aromatic carbocycles. The van der Waals surface area contributed by atoms with E-state index in [1.807, 2.05) is 5.32 Å². The average Bonchev–Trinajstić information content (AvgIpc) is 2.46. The van der Waals surface area contributed by atoms with Gasteiger partial charge in [-0.05, 0) is 38.7 Å². The average molecular weight is 408 g/mol. The Morgan fingerprint density at radius 2 is 1.77 bits per heavy atom. The van der Waals surface area contributed by atoms with Gasteiger partial charge in [-0.1, -0.05) is 0 Å². The van der Waals surface area contributed by atoms with E-state index in [0.717, 1.165) is 26.2 Å². The number of thioether (sulfide) groups is 1. The summed E-state index contributed by atoms with van der Waals surface area (Å²) in [4.78, 5) is 0.823. The SMILES string of the molecule is CNC(N(C)C(N)Nc1cc(SCC(F)(F)F)c(C)cc1F)C(F)(F)F. The van der Waals surface area contributed by atoms with Crippen LogP contribution >= 0.6 is 11.8 Å². The molecule has 0 amide bonds. The summed E-state index contributed by atoms with van der Waals surface area (Å²) in [5.41, 5.74) is 5.62. The van der Waals surface area contributed by atoms with Crippen molar-refractivity contribution >= 4 is 17.4 Å². The van der Waals surface area contributed by atoms with Gasteiger partial charge in [0.15, 0.2) is 6.17 Å². The summed E-state index contributed by atoms with van der Waals surface area (Å²) in [7, 11) is 2.15. The van der Waals surface area contributed by atoms with Crippen molar-refractivity contribution < 1.29 is 30.7 Å². The van der Waals surface area contributed by atoms with E-state index in [4.69, 9.17) is 5.73 Å². The molecule has 0 heterocycles. The smallest absolute Gasteiger partial charge is 0.355 e. The molecule has 12 heteroatoms.